The molecular weight excluding hydrogens is 314 g/mol. The predicted molar refractivity (Wildman–Crippen MR) is 91.6 cm³/mol. The van der Waals surface area contributed by atoms with E-state index in [9.17, 15) is 9.90 Å². The molecule has 0 bridgehead atoms. The van der Waals surface area contributed by atoms with Crippen LogP contribution in [0.2, 0.25) is 5.02 Å². The normalized spacial score (nSPS) is 10.4. The molecule has 122 valence electrons. The van der Waals surface area contributed by atoms with Gasteiger partial charge in [0.1, 0.15) is 17.2 Å². The number of unbranched alkanes of at least 4 members (excludes halogenated alkanes) is 1. The first kappa shape index (κ1) is 17.2. The number of phenols is 1. The molecule has 2 N–H and O–H groups in total. The number of hydrogen-bond acceptors (Lipinski definition) is 3. The summed E-state index contributed by atoms with van der Waals surface area (Å²) in [5.74, 6) is 0.580. The van der Waals surface area contributed by atoms with Gasteiger partial charge in [0, 0.05) is 6.54 Å². The first-order valence-corrected chi connectivity index (χ1v) is 7.95. The Kier molecular flexibility index (Phi) is 5.88. The molecule has 0 fully saturated rings. The van der Waals surface area contributed by atoms with E-state index in [1.54, 1.807) is 12.1 Å². The maximum atomic E-state index is 12.1. The number of amides is 1. The van der Waals surface area contributed by atoms with E-state index in [0.717, 1.165) is 18.4 Å². The number of halogens is 1. The Morgan fingerprint density at radius 3 is 2.78 bits per heavy atom. The number of ether oxygens (including phenoxy) is 1. The van der Waals surface area contributed by atoms with E-state index in [1.807, 2.05) is 26.0 Å². The molecule has 2 rings (SSSR count). The van der Waals surface area contributed by atoms with Crippen LogP contribution in [0.25, 0.3) is 0 Å². The molecule has 0 aromatic heterocycles. The number of para-hydroxylation sites is 1. The number of benzene rings is 2. The molecule has 5 heteroatoms. The van der Waals surface area contributed by atoms with Crippen LogP contribution < -0.4 is 10.1 Å². The molecule has 2 aromatic rings. The molecule has 0 spiro atoms. The molecule has 0 heterocycles. The fourth-order valence-corrected chi connectivity index (χ4v) is 2.36. The minimum Gasteiger partial charge on any atom is -0.507 e. The van der Waals surface area contributed by atoms with Crippen LogP contribution in [0.3, 0.4) is 0 Å². The molecule has 0 unspecified atom stereocenters. The Morgan fingerprint density at radius 1 is 1.30 bits per heavy atom. The highest BCUT2D eigenvalue weighted by Crippen LogP contribution is 2.34. The van der Waals surface area contributed by atoms with Crippen LogP contribution in [-0.4, -0.2) is 17.6 Å². The highest BCUT2D eigenvalue weighted by Gasteiger charge is 2.13. The molecule has 2 aromatic carbocycles. The fraction of sp³-hybridized carbons (Fsp3) is 0.278. The smallest absolute Gasteiger partial charge is 0.255 e. The predicted octanol–water partition coefficient (Wildman–Crippen LogP) is 4.68. The average molecular weight is 334 g/mol. The number of aryl methyl sites for hydroxylation is 1. The highest BCUT2D eigenvalue weighted by atomic mass is 35.5. The van der Waals surface area contributed by atoms with Crippen LogP contribution in [0.4, 0.5) is 0 Å². The Bertz CT molecular complexity index is 680. The molecule has 0 atom stereocenters. The van der Waals surface area contributed by atoms with Crippen molar-refractivity contribution in [1.29, 1.82) is 0 Å². The van der Waals surface area contributed by atoms with E-state index in [-0.39, 0.29) is 17.2 Å². The van der Waals surface area contributed by atoms with Crippen molar-refractivity contribution < 1.29 is 14.6 Å². The van der Waals surface area contributed by atoms with Gasteiger partial charge in [-0.15, -0.1) is 0 Å². The number of hydrogen-bond donors (Lipinski definition) is 2. The van der Waals surface area contributed by atoms with Gasteiger partial charge in [-0.3, -0.25) is 4.79 Å². The van der Waals surface area contributed by atoms with Crippen molar-refractivity contribution in [3.63, 3.8) is 0 Å². The number of aromatic hydroxyl groups is 1. The number of phenolic OH excluding ortho intramolecular Hbond substituents is 1. The first-order chi connectivity index (χ1) is 11.0. The Balaban J connectivity index is 2.21. The summed E-state index contributed by atoms with van der Waals surface area (Å²) in [5, 5.41) is 13.2. The SMILES string of the molecule is CCCCNC(=O)c1cc(Oc2c(C)cccc2Cl)ccc1O. The largest absolute Gasteiger partial charge is 0.507 e. The van der Waals surface area contributed by atoms with Gasteiger partial charge in [-0.05, 0) is 43.2 Å². The lowest BCUT2D eigenvalue weighted by atomic mass is 10.1. The summed E-state index contributed by atoms with van der Waals surface area (Å²) in [6.07, 6.45) is 1.88. The number of rotatable bonds is 6. The van der Waals surface area contributed by atoms with Gasteiger partial charge < -0.3 is 15.2 Å². The van der Waals surface area contributed by atoms with E-state index in [4.69, 9.17) is 16.3 Å². The van der Waals surface area contributed by atoms with E-state index in [0.29, 0.717) is 23.1 Å². The van der Waals surface area contributed by atoms with Gasteiger partial charge in [0.25, 0.3) is 5.91 Å². The Hall–Kier alpha value is -2.20. The number of nitrogens with one attached hydrogen (secondary N) is 1. The van der Waals surface area contributed by atoms with Crippen LogP contribution in [0.15, 0.2) is 36.4 Å². The van der Waals surface area contributed by atoms with Gasteiger partial charge in [0.2, 0.25) is 0 Å². The molecule has 0 radical (unpaired) electrons. The molecular formula is C18H20ClNO3. The highest BCUT2D eigenvalue weighted by molar-refractivity contribution is 6.32. The van der Waals surface area contributed by atoms with Crippen molar-refractivity contribution in [2.45, 2.75) is 26.7 Å². The standard InChI is InChI=1S/C18H20ClNO3/c1-3-4-10-20-18(22)14-11-13(8-9-16(14)21)23-17-12(2)6-5-7-15(17)19/h5-9,11,21H,3-4,10H2,1-2H3,(H,20,22). The second-order valence-electron chi connectivity index (χ2n) is 5.28. The monoisotopic (exact) mass is 333 g/mol. The fourth-order valence-electron chi connectivity index (χ4n) is 2.10. The summed E-state index contributed by atoms with van der Waals surface area (Å²) in [6.45, 7) is 4.51. The van der Waals surface area contributed by atoms with Crippen molar-refractivity contribution >= 4 is 17.5 Å². The minimum absolute atomic E-state index is 0.0813. The van der Waals surface area contributed by atoms with Gasteiger partial charge in [0.15, 0.2) is 0 Å². The van der Waals surface area contributed by atoms with Crippen molar-refractivity contribution in [2.75, 3.05) is 6.54 Å². The summed E-state index contributed by atoms with van der Waals surface area (Å²) in [4.78, 5) is 12.1. The summed E-state index contributed by atoms with van der Waals surface area (Å²) >= 11 is 6.14. The zero-order chi connectivity index (χ0) is 16.8. The van der Waals surface area contributed by atoms with Crippen LogP contribution in [-0.2, 0) is 0 Å². The molecule has 0 aliphatic rings. The third-order valence-corrected chi connectivity index (χ3v) is 3.71. The second-order valence-corrected chi connectivity index (χ2v) is 5.68. The van der Waals surface area contributed by atoms with Crippen LogP contribution in [0.1, 0.15) is 35.7 Å². The van der Waals surface area contributed by atoms with Gasteiger partial charge in [-0.25, -0.2) is 0 Å². The summed E-state index contributed by atoms with van der Waals surface area (Å²) in [6, 6.07) is 10.0. The molecule has 23 heavy (non-hydrogen) atoms. The topological polar surface area (TPSA) is 58.6 Å². The van der Waals surface area contributed by atoms with Gasteiger partial charge in [0.05, 0.1) is 10.6 Å². The minimum atomic E-state index is -0.322. The zero-order valence-electron chi connectivity index (χ0n) is 13.2. The van der Waals surface area contributed by atoms with Crippen molar-refractivity contribution in [3.05, 3.63) is 52.5 Å². The molecule has 0 saturated carbocycles. The zero-order valence-corrected chi connectivity index (χ0v) is 14.0. The van der Waals surface area contributed by atoms with Crippen molar-refractivity contribution in [1.82, 2.24) is 5.32 Å². The third kappa shape index (κ3) is 4.39. The molecule has 1 amide bonds. The number of carbonyl (C=O) groups excluding carboxylic acids is 1. The van der Waals surface area contributed by atoms with Crippen molar-refractivity contribution in [2.24, 2.45) is 0 Å². The van der Waals surface area contributed by atoms with Crippen LogP contribution in [0.5, 0.6) is 17.2 Å². The lowest BCUT2D eigenvalue weighted by molar-refractivity contribution is 0.0950. The lowest BCUT2D eigenvalue weighted by Crippen LogP contribution is -2.24. The lowest BCUT2D eigenvalue weighted by Gasteiger charge is -2.12. The van der Waals surface area contributed by atoms with Gasteiger partial charge in [-0.2, -0.15) is 0 Å². The van der Waals surface area contributed by atoms with E-state index in [1.165, 1.54) is 12.1 Å². The summed E-state index contributed by atoms with van der Waals surface area (Å²) < 4.78 is 5.79. The maximum Gasteiger partial charge on any atom is 0.255 e. The van der Waals surface area contributed by atoms with Crippen LogP contribution in [0, 0.1) is 6.92 Å². The molecule has 0 aliphatic heterocycles. The van der Waals surface area contributed by atoms with Crippen LogP contribution >= 0.6 is 11.6 Å². The van der Waals surface area contributed by atoms with E-state index < -0.39 is 0 Å². The quantitative estimate of drug-likeness (QED) is 0.755. The first-order valence-electron chi connectivity index (χ1n) is 7.57. The summed E-state index contributed by atoms with van der Waals surface area (Å²) in [5.41, 5.74) is 1.07. The average Bonchev–Trinajstić information content (AvgIpc) is 2.52. The third-order valence-electron chi connectivity index (χ3n) is 3.41. The Labute approximate surface area is 141 Å². The molecule has 4 nitrogen and oxygen atoms in total. The second kappa shape index (κ2) is 7.88. The van der Waals surface area contributed by atoms with E-state index >= 15 is 0 Å². The van der Waals surface area contributed by atoms with Gasteiger partial charge >= 0.3 is 0 Å². The molecule has 0 saturated heterocycles. The van der Waals surface area contributed by atoms with Crippen molar-refractivity contribution in [3.8, 4) is 17.2 Å². The number of carbonyl (C=O) groups is 1. The molecule has 0 aliphatic carbocycles. The van der Waals surface area contributed by atoms with E-state index in [2.05, 4.69) is 5.32 Å². The summed E-state index contributed by atoms with van der Waals surface area (Å²) in [7, 11) is 0. The van der Waals surface area contributed by atoms with Gasteiger partial charge in [-0.1, -0.05) is 37.1 Å². The Morgan fingerprint density at radius 2 is 2.09 bits per heavy atom. The maximum absolute atomic E-state index is 12.1.